The van der Waals surface area contributed by atoms with Crippen LogP contribution in [0, 0.1) is 0 Å². The Labute approximate surface area is 162 Å². The van der Waals surface area contributed by atoms with E-state index in [4.69, 9.17) is 16.0 Å². The first-order valence-corrected chi connectivity index (χ1v) is 9.38. The summed E-state index contributed by atoms with van der Waals surface area (Å²) < 4.78 is 5.17. The van der Waals surface area contributed by atoms with Crippen molar-refractivity contribution >= 4 is 23.4 Å². The lowest BCUT2D eigenvalue weighted by Gasteiger charge is -2.35. The van der Waals surface area contributed by atoms with Crippen molar-refractivity contribution in [2.24, 2.45) is 0 Å². The normalized spacial score (nSPS) is 22.9. The molecule has 2 atom stereocenters. The van der Waals surface area contributed by atoms with Crippen LogP contribution in [0.3, 0.4) is 0 Å². The van der Waals surface area contributed by atoms with Gasteiger partial charge in [-0.3, -0.25) is 9.59 Å². The molecule has 0 radical (unpaired) electrons. The third kappa shape index (κ3) is 3.71. The van der Waals surface area contributed by atoms with Crippen molar-refractivity contribution in [3.8, 4) is 0 Å². The summed E-state index contributed by atoms with van der Waals surface area (Å²) in [7, 11) is 0. The first kappa shape index (κ1) is 18.0. The highest BCUT2D eigenvalue weighted by atomic mass is 35.5. The molecule has 2 saturated heterocycles. The molecule has 0 bridgehead atoms. The Bertz CT molecular complexity index is 818. The zero-order valence-corrected chi connectivity index (χ0v) is 15.5. The number of nitrogens with zero attached hydrogens (tertiary/aromatic N) is 2. The maximum absolute atomic E-state index is 12.8. The molecule has 8 heteroatoms. The summed E-state index contributed by atoms with van der Waals surface area (Å²) in [5, 5.41) is 0.690. The highest BCUT2D eigenvalue weighted by Crippen LogP contribution is 2.28. The molecule has 142 valence electrons. The average Bonchev–Trinajstić information content (AvgIpc) is 3.39. The summed E-state index contributed by atoms with van der Waals surface area (Å²) in [6.07, 6.45) is 2.12. The van der Waals surface area contributed by atoms with E-state index in [1.54, 1.807) is 21.9 Å². The van der Waals surface area contributed by atoms with E-state index in [1.165, 1.54) is 6.26 Å². The Morgan fingerprint density at radius 1 is 1.00 bits per heavy atom. The number of carbonyl (C=O) groups is 2. The fourth-order valence-corrected chi connectivity index (χ4v) is 3.85. The molecule has 4 rings (SSSR count). The van der Waals surface area contributed by atoms with Crippen LogP contribution in [0.5, 0.6) is 0 Å². The fourth-order valence-electron chi connectivity index (χ4n) is 3.59. The Hall–Kier alpha value is -2.35. The molecule has 2 aromatic rings. The minimum absolute atomic E-state index is 0.00512. The van der Waals surface area contributed by atoms with Gasteiger partial charge in [0.25, 0.3) is 5.91 Å². The molecule has 2 amide bonds. The topological polar surface area (TPSA) is 77.8 Å². The van der Waals surface area contributed by atoms with Gasteiger partial charge in [-0.15, -0.1) is 0 Å². The van der Waals surface area contributed by atoms with Gasteiger partial charge in [-0.2, -0.15) is 0 Å². The van der Waals surface area contributed by atoms with Crippen LogP contribution in [-0.2, 0) is 4.79 Å². The molecule has 2 unspecified atom stereocenters. The minimum Gasteiger partial charge on any atom is -0.459 e. The van der Waals surface area contributed by atoms with Crippen LogP contribution in [-0.4, -0.2) is 53.8 Å². The van der Waals surface area contributed by atoms with Crippen LogP contribution >= 0.6 is 11.6 Å². The molecule has 1 aromatic heterocycles. The van der Waals surface area contributed by atoms with Crippen molar-refractivity contribution in [3.63, 3.8) is 0 Å². The minimum atomic E-state index is -0.307. The highest BCUT2D eigenvalue weighted by Gasteiger charge is 2.35. The molecular weight excluding hydrogens is 368 g/mol. The second-order valence-corrected chi connectivity index (χ2v) is 7.15. The van der Waals surface area contributed by atoms with Gasteiger partial charge in [0.05, 0.1) is 6.26 Å². The van der Waals surface area contributed by atoms with Gasteiger partial charge in [0.2, 0.25) is 5.91 Å². The van der Waals surface area contributed by atoms with E-state index in [0.717, 1.165) is 5.56 Å². The van der Waals surface area contributed by atoms with E-state index < -0.39 is 0 Å². The van der Waals surface area contributed by atoms with Crippen LogP contribution in [0.4, 0.5) is 0 Å². The van der Waals surface area contributed by atoms with Crippen molar-refractivity contribution in [2.45, 2.75) is 18.5 Å². The number of amides is 2. The summed E-state index contributed by atoms with van der Waals surface area (Å²) in [6, 6.07) is 10.7. The van der Waals surface area contributed by atoms with Crippen molar-refractivity contribution in [3.05, 3.63) is 59.0 Å². The first-order chi connectivity index (χ1) is 13.1. The maximum Gasteiger partial charge on any atom is 0.289 e. The third-order valence-electron chi connectivity index (χ3n) is 5.09. The lowest BCUT2D eigenvalue weighted by atomic mass is 10.0. The largest absolute Gasteiger partial charge is 0.459 e. The van der Waals surface area contributed by atoms with E-state index in [9.17, 15) is 9.59 Å². The number of nitrogens with one attached hydrogen (secondary N) is 2. The SMILES string of the molecule is O=C(c1ccco1)N1CCN(C(=O)C2CC(c3ccccc3Cl)NN2)CC1. The van der Waals surface area contributed by atoms with Gasteiger partial charge in [-0.05, 0) is 30.2 Å². The van der Waals surface area contributed by atoms with Crippen molar-refractivity contribution in [1.82, 2.24) is 20.7 Å². The molecule has 27 heavy (non-hydrogen) atoms. The molecule has 0 aliphatic carbocycles. The van der Waals surface area contributed by atoms with Crippen LogP contribution in [0.25, 0.3) is 0 Å². The van der Waals surface area contributed by atoms with E-state index in [2.05, 4.69) is 10.9 Å². The Balaban J connectivity index is 1.32. The standard InChI is InChI=1S/C19H21ClN4O3/c20-14-5-2-1-4-13(14)15-12-16(22-21-15)18(25)23-7-9-24(10-8-23)19(26)17-6-3-11-27-17/h1-6,11,15-16,21-22H,7-10,12H2. The molecule has 2 fully saturated rings. The predicted molar refractivity (Wildman–Crippen MR) is 100 cm³/mol. The van der Waals surface area contributed by atoms with E-state index in [1.807, 2.05) is 24.3 Å². The lowest BCUT2D eigenvalue weighted by Crippen LogP contribution is -2.54. The molecule has 0 spiro atoms. The van der Waals surface area contributed by atoms with E-state index in [0.29, 0.717) is 43.4 Å². The van der Waals surface area contributed by atoms with Gasteiger partial charge in [-0.1, -0.05) is 29.8 Å². The zero-order valence-electron chi connectivity index (χ0n) is 14.7. The molecule has 3 heterocycles. The number of hydrazine groups is 1. The number of furan rings is 1. The van der Waals surface area contributed by atoms with Gasteiger partial charge >= 0.3 is 0 Å². The monoisotopic (exact) mass is 388 g/mol. The number of hydrogen-bond donors (Lipinski definition) is 2. The zero-order chi connectivity index (χ0) is 18.8. The Morgan fingerprint density at radius 2 is 1.74 bits per heavy atom. The number of rotatable bonds is 3. The van der Waals surface area contributed by atoms with Crippen LogP contribution < -0.4 is 10.9 Å². The summed E-state index contributed by atoms with van der Waals surface area (Å²) in [6.45, 7) is 2.03. The van der Waals surface area contributed by atoms with Gasteiger partial charge in [0, 0.05) is 37.2 Å². The highest BCUT2D eigenvalue weighted by molar-refractivity contribution is 6.31. The smallest absolute Gasteiger partial charge is 0.289 e. The van der Waals surface area contributed by atoms with E-state index >= 15 is 0 Å². The summed E-state index contributed by atoms with van der Waals surface area (Å²) in [5.74, 6) is 0.243. The summed E-state index contributed by atoms with van der Waals surface area (Å²) in [5.41, 5.74) is 7.24. The maximum atomic E-state index is 12.8. The second kappa shape index (κ2) is 7.72. The molecular formula is C19H21ClN4O3. The number of carbonyl (C=O) groups excluding carboxylic acids is 2. The van der Waals surface area contributed by atoms with Crippen LogP contribution in [0.15, 0.2) is 47.1 Å². The second-order valence-electron chi connectivity index (χ2n) is 6.75. The lowest BCUT2D eigenvalue weighted by molar-refractivity contribution is -0.134. The number of piperazine rings is 1. The molecule has 0 saturated carbocycles. The third-order valence-corrected chi connectivity index (χ3v) is 5.44. The molecule has 2 aliphatic rings. The van der Waals surface area contributed by atoms with Crippen LogP contribution in [0.2, 0.25) is 5.02 Å². The van der Waals surface area contributed by atoms with Gasteiger partial charge < -0.3 is 14.2 Å². The predicted octanol–water partition coefficient (Wildman–Crippen LogP) is 1.83. The quantitative estimate of drug-likeness (QED) is 0.838. The average molecular weight is 389 g/mol. The fraction of sp³-hybridized carbons (Fsp3) is 0.368. The summed E-state index contributed by atoms with van der Waals surface area (Å²) in [4.78, 5) is 28.7. The Kier molecular flexibility index (Phi) is 5.15. The van der Waals surface area contributed by atoms with Crippen LogP contribution in [0.1, 0.15) is 28.6 Å². The summed E-state index contributed by atoms with van der Waals surface area (Å²) >= 11 is 6.26. The first-order valence-electron chi connectivity index (χ1n) is 9.00. The van der Waals surface area contributed by atoms with E-state index in [-0.39, 0.29) is 23.9 Å². The van der Waals surface area contributed by atoms with Crippen molar-refractivity contribution in [1.29, 1.82) is 0 Å². The Morgan fingerprint density at radius 3 is 2.44 bits per heavy atom. The molecule has 2 N–H and O–H groups in total. The molecule has 7 nitrogen and oxygen atoms in total. The number of halogens is 1. The molecule has 1 aromatic carbocycles. The number of benzene rings is 1. The number of hydrogen-bond acceptors (Lipinski definition) is 5. The van der Waals surface area contributed by atoms with Crippen molar-refractivity contribution < 1.29 is 14.0 Å². The van der Waals surface area contributed by atoms with Crippen molar-refractivity contribution in [2.75, 3.05) is 26.2 Å². The van der Waals surface area contributed by atoms with Gasteiger partial charge in [0.15, 0.2) is 5.76 Å². The van der Waals surface area contributed by atoms with Gasteiger partial charge in [0.1, 0.15) is 6.04 Å². The molecule has 2 aliphatic heterocycles. The van der Waals surface area contributed by atoms with Gasteiger partial charge in [-0.25, -0.2) is 10.9 Å².